The Hall–Kier alpha value is -0.910. The van der Waals surface area contributed by atoms with Gasteiger partial charge in [0.15, 0.2) is 5.16 Å². The summed E-state index contributed by atoms with van der Waals surface area (Å²) in [5.41, 5.74) is 9.95. The Kier molecular flexibility index (Phi) is 4.60. The molecule has 2 N–H and O–H groups in total. The third-order valence-electron chi connectivity index (χ3n) is 3.05. The summed E-state index contributed by atoms with van der Waals surface area (Å²) in [5.74, 6) is 0. The number of rotatable bonds is 3. The largest absolute Gasteiger partial charge is 0.326 e. The second-order valence-electron chi connectivity index (χ2n) is 4.37. The maximum atomic E-state index is 5.63. The minimum Gasteiger partial charge on any atom is -0.326 e. The smallest absolute Gasteiger partial charge is 0.192 e. The van der Waals surface area contributed by atoms with Gasteiger partial charge in [-0.05, 0) is 71.7 Å². The predicted molar refractivity (Wildman–Crippen MR) is 82.4 cm³/mol. The van der Waals surface area contributed by atoms with E-state index in [9.17, 15) is 0 Å². The van der Waals surface area contributed by atoms with Gasteiger partial charge in [0.05, 0.1) is 0 Å². The first kappa shape index (κ1) is 14.5. The van der Waals surface area contributed by atoms with Crippen LogP contribution in [-0.2, 0) is 6.54 Å². The number of halogens is 1. The maximum Gasteiger partial charge on any atom is 0.192 e. The summed E-state index contributed by atoms with van der Waals surface area (Å²) in [5, 5.41) is 0.779. The molecular weight excluding hydrogens is 322 g/mol. The van der Waals surface area contributed by atoms with E-state index in [0.717, 1.165) is 37.0 Å². The molecule has 3 nitrogen and oxygen atoms in total. The van der Waals surface area contributed by atoms with Gasteiger partial charge in [0.2, 0.25) is 0 Å². The zero-order chi connectivity index (χ0) is 14.0. The molecule has 0 amide bonds. The molecule has 0 atom stereocenters. The Balaban J connectivity index is 2.31. The molecule has 1 heterocycles. The maximum absolute atomic E-state index is 5.63. The monoisotopic (exact) mass is 337 g/mol. The number of nitrogens with two attached hydrogens (primary N) is 1. The van der Waals surface area contributed by atoms with Gasteiger partial charge in [-0.25, -0.2) is 9.97 Å². The minimum absolute atomic E-state index is 0.544. The molecule has 0 aliphatic rings. The molecule has 0 radical (unpaired) electrons. The molecule has 1 aromatic heterocycles. The number of hydrogen-bond donors (Lipinski definition) is 1. The second-order valence-corrected chi connectivity index (χ2v) is 6.24. The van der Waals surface area contributed by atoms with Crippen LogP contribution in [0.1, 0.15) is 22.5 Å². The summed E-state index contributed by atoms with van der Waals surface area (Å²) in [4.78, 5) is 10.1. The van der Waals surface area contributed by atoms with E-state index in [2.05, 4.69) is 25.9 Å². The van der Waals surface area contributed by atoms with Crippen LogP contribution in [0.4, 0.5) is 0 Å². The van der Waals surface area contributed by atoms with Crippen molar-refractivity contribution in [3.8, 4) is 0 Å². The van der Waals surface area contributed by atoms with Crippen LogP contribution in [0, 0.1) is 20.8 Å². The topological polar surface area (TPSA) is 51.8 Å². The highest BCUT2D eigenvalue weighted by Crippen LogP contribution is 2.32. The highest BCUT2D eigenvalue weighted by Gasteiger charge is 2.09. The summed E-state index contributed by atoms with van der Waals surface area (Å²) in [6.07, 6.45) is 0. The average Bonchev–Trinajstić information content (AvgIpc) is 2.38. The summed E-state index contributed by atoms with van der Waals surface area (Å²) in [6.45, 7) is 6.62. The van der Waals surface area contributed by atoms with E-state index in [-0.39, 0.29) is 0 Å². The zero-order valence-electron chi connectivity index (χ0n) is 11.2. The SMILES string of the molecule is Cc1nc(Sc2ccc(CN)cc2Br)nc(C)c1C. The van der Waals surface area contributed by atoms with Gasteiger partial charge < -0.3 is 5.73 Å². The number of nitrogens with zero attached hydrogens (tertiary/aromatic N) is 2. The average molecular weight is 338 g/mol. The molecule has 100 valence electrons. The quantitative estimate of drug-likeness (QED) is 0.866. The Morgan fingerprint density at radius 2 is 1.79 bits per heavy atom. The molecular formula is C14H16BrN3S. The molecule has 0 saturated carbocycles. The van der Waals surface area contributed by atoms with E-state index >= 15 is 0 Å². The number of aromatic nitrogens is 2. The summed E-state index contributed by atoms with van der Waals surface area (Å²) >= 11 is 5.13. The molecule has 0 spiro atoms. The Bertz CT molecular complexity index is 591. The first-order valence-corrected chi connectivity index (χ1v) is 7.60. The van der Waals surface area contributed by atoms with Crippen LogP contribution in [0.5, 0.6) is 0 Å². The second kappa shape index (κ2) is 6.03. The van der Waals surface area contributed by atoms with Crippen LogP contribution < -0.4 is 5.73 Å². The van der Waals surface area contributed by atoms with Gasteiger partial charge in [0, 0.05) is 27.3 Å². The third kappa shape index (κ3) is 3.35. The molecule has 0 fully saturated rings. The molecule has 0 saturated heterocycles. The lowest BCUT2D eigenvalue weighted by Crippen LogP contribution is -1.98. The number of aryl methyl sites for hydroxylation is 2. The van der Waals surface area contributed by atoms with E-state index < -0.39 is 0 Å². The van der Waals surface area contributed by atoms with E-state index in [1.165, 1.54) is 0 Å². The first-order valence-electron chi connectivity index (χ1n) is 5.99. The van der Waals surface area contributed by atoms with E-state index in [4.69, 9.17) is 5.73 Å². The molecule has 0 unspecified atom stereocenters. The Morgan fingerprint density at radius 3 is 2.32 bits per heavy atom. The van der Waals surface area contributed by atoms with Crippen molar-refractivity contribution in [2.24, 2.45) is 5.73 Å². The van der Waals surface area contributed by atoms with Crippen LogP contribution >= 0.6 is 27.7 Å². The highest BCUT2D eigenvalue weighted by atomic mass is 79.9. The van der Waals surface area contributed by atoms with Gasteiger partial charge in [-0.1, -0.05) is 6.07 Å². The standard InChI is InChI=1S/C14H16BrN3S/c1-8-9(2)17-14(18-10(8)3)19-13-5-4-11(7-16)6-12(13)15/h4-6H,7,16H2,1-3H3. The van der Waals surface area contributed by atoms with E-state index in [0.29, 0.717) is 6.54 Å². The van der Waals surface area contributed by atoms with Crippen molar-refractivity contribution in [1.82, 2.24) is 9.97 Å². The molecule has 0 aliphatic carbocycles. The predicted octanol–water partition coefficient (Wildman–Crippen LogP) is 3.77. The van der Waals surface area contributed by atoms with Crippen molar-refractivity contribution >= 4 is 27.7 Å². The fourth-order valence-electron chi connectivity index (χ4n) is 1.64. The third-order valence-corrected chi connectivity index (χ3v) is 4.90. The van der Waals surface area contributed by atoms with Gasteiger partial charge >= 0.3 is 0 Å². The lowest BCUT2D eigenvalue weighted by molar-refractivity contribution is 0.880. The van der Waals surface area contributed by atoms with Crippen LogP contribution in [0.15, 0.2) is 32.7 Å². The fraction of sp³-hybridized carbons (Fsp3) is 0.286. The number of hydrogen-bond acceptors (Lipinski definition) is 4. The molecule has 5 heteroatoms. The molecule has 0 aliphatic heterocycles. The molecule has 0 bridgehead atoms. The molecule has 2 aromatic rings. The lowest BCUT2D eigenvalue weighted by Gasteiger charge is -2.08. The van der Waals surface area contributed by atoms with E-state index in [1.807, 2.05) is 39.0 Å². The van der Waals surface area contributed by atoms with Crippen LogP contribution in [-0.4, -0.2) is 9.97 Å². The van der Waals surface area contributed by atoms with Crippen molar-refractivity contribution in [1.29, 1.82) is 0 Å². The fourth-order valence-corrected chi connectivity index (χ4v) is 3.16. The summed E-state index contributed by atoms with van der Waals surface area (Å²) in [7, 11) is 0. The van der Waals surface area contributed by atoms with Crippen molar-refractivity contribution in [2.75, 3.05) is 0 Å². The van der Waals surface area contributed by atoms with Gasteiger partial charge in [-0.2, -0.15) is 0 Å². The van der Waals surface area contributed by atoms with Gasteiger partial charge in [-0.3, -0.25) is 0 Å². The number of benzene rings is 1. The normalized spacial score (nSPS) is 10.8. The Labute approximate surface area is 126 Å². The molecule has 19 heavy (non-hydrogen) atoms. The lowest BCUT2D eigenvalue weighted by atomic mass is 10.2. The van der Waals surface area contributed by atoms with Gasteiger partial charge in [0.1, 0.15) is 0 Å². The summed E-state index contributed by atoms with van der Waals surface area (Å²) < 4.78 is 1.03. The van der Waals surface area contributed by atoms with Crippen LogP contribution in [0.3, 0.4) is 0 Å². The van der Waals surface area contributed by atoms with Crippen LogP contribution in [0.25, 0.3) is 0 Å². The minimum atomic E-state index is 0.544. The van der Waals surface area contributed by atoms with Gasteiger partial charge in [-0.15, -0.1) is 0 Å². The zero-order valence-corrected chi connectivity index (χ0v) is 13.6. The molecule has 1 aromatic carbocycles. The van der Waals surface area contributed by atoms with Crippen molar-refractivity contribution in [3.63, 3.8) is 0 Å². The Morgan fingerprint density at radius 1 is 1.16 bits per heavy atom. The van der Waals surface area contributed by atoms with Crippen molar-refractivity contribution in [2.45, 2.75) is 37.4 Å². The van der Waals surface area contributed by atoms with Gasteiger partial charge in [0.25, 0.3) is 0 Å². The van der Waals surface area contributed by atoms with Crippen molar-refractivity contribution in [3.05, 3.63) is 45.2 Å². The first-order chi connectivity index (χ1) is 9.01. The van der Waals surface area contributed by atoms with Crippen LogP contribution in [0.2, 0.25) is 0 Å². The van der Waals surface area contributed by atoms with Crippen molar-refractivity contribution < 1.29 is 0 Å². The van der Waals surface area contributed by atoms with E-state index in [1.54, 1.807) is 11.8 Å². The highest BCUT2D eigenvalue weighted by molar-refractivity contribution is 9.10. The summed E-state index contributed by atoms with van der Waals surface area (Å²) in [6, 6.07) is 6.11. The molecule has 2 rings (SSSR count).